The molecule has 0 bridgehead atoms. The second-order valence-corrected chi connectivity index (χ2v) is 3.81. The fourth-order valence-corrected chi connectivity index (χ4v) is 1.61. The normalized spacial score (nSPS) is 10.1. The first kappa shape index (κ1) is 12.0. The number of benzene rings is 1. The van der Waals surface area contributed by atoms with Crippen LogP contribution in [0.15, 0.2) is 36.8 Å². The van der Waals surface area contributed by atoms with Crippen LogP contribution in [0.2, 0.25) is 0 Å². The van der Waals surface area contributed by atoms with Gasteiger partial charge in [0, 0.05) is 23.8 Å². The Hall–Kier alpha value is -2.43. The molecule has 2 rings (SSSR count). The van der Waals surface area contributed by atoms with E-state index in [0.717, 1.165) is 12.0 Å². The number of carbonyl (C=O) groups is 1. The third-order valence-electron chi connectivity index (χ3n) is 2.58. The SMILES string of the molecule is CCc1ccc(NC(=O)c2cnccn2)cc1N. The molecule has 1 aromatic carbocycles. The second-order valence-electron chi connectivity index (χ2n) is 3.81. The first-order chi connectivity index (χ1) is 8.70. The van der Waals surface area contributed by atoms with Gasteiger partial charge in [-0.1, -0.05) is 13.0 Å². The summed E-state index contributed by atoms with van der Waals surface area (Å²) in [5.41, 5.74) is 8.53. The minimum absolute atomic E-state index is 0.274. The maximum absolute atomic E-state index is 11.8. The molecular formula is C13H14N4O. The molecule has 0 saturated heterocycles. The lowest BCUT2D eigenvalue weighted by molar-refractivity contribution is 0.102. The lowest BCUT2D eigenvalue weighted by Gasteiger charge is -2.08. The Kier molecular flexibility index (Phi) is 3.52. The lowest BCUT2D eigenvalue weighted by Crippen LogP contribution is -2.14. The third-order valence-corrected chi connectivity index (χ3v) is 2.58. The number of rotatable bonds is 3. The van der Waals surface area contributed by atoms with Crippen molar-refractivity contribution in [1.29, 1.82) is 0 Å². The Labute approximate surface area is 105 Å². The van der Waals surface area contributed by atoms with Crippen molar-refractivity contribution in [1.82, 2.24) is 9.97 Å². The lowest BCUT2D eigenvalue weighted by atomic mass is 10.1. The van der Waals surface area contributed by atoms with E-state index >= 15 is 0 Å². The van der Waals surface area contributed by atoms with Crippen LogP contribution in [0, 0.1) is 0 Å². The molecule has 0 unspecified atom stereocenters. The van der Waals surface area contributed by atoms with E-state index in [1.165, 1.54) is 18.6 Å². The standard InChI is InChI=1S/C13H14N4O/c1-2-9-3-4-10(7-11(9)14)17-13(18)12-8-15-5-6-16-12/h3-8H,2,14H2,1H3,(H,17,18). The fraction of sp³-hybridized carbons (Fsp3) is 0.154. The maximum atomic E-state index is 11.8. The molecule has 0 aliphatic rings. The van der Waals surface area contributed by atoms with Crippen molar-refractivity contribution in [2.75, 3.05) is 11.1 Å². The molecule has 1 amide bonds. The predicted molar refractivity (Wildman–Crippen MR) is 70.2 cm³/mol. The van der Waals surface area contributed by atoms with Crippen LogP contribution in [0.1, 0.15) is 23.0 Å². The molecule has 5 nitrogen and oxygen atoms in total. The second kappa shape index (κ2) is 5.27. The average molecular weight is 242 g/mol. The van der Waals surface area contributed by atoms with Gasteiger partial charge in [-0.3, -0.25) is 9.78 Å². The van der Waals surface area contributed by atoms with Gasteiger partial charge in [-0.05, 0) is 24.1 Å². The molecule has 18 heavy (non-hydrogen) atoms. The quantitative estimate of drug-likeness (QED) is 0.805. The van der Waals surface area contributed by atoms with Crippen LogP contribution >= 0.6 is 0 Å². The van der Waals surface area contributed by atoms with Crippen LogP contribution in [0.25, 0.3) is 0 Å². The number of aromatic nitrogens is 2. The summed E-state index contributed by atoms with van der Waals surface area (Å²) in [5.74, 6) is -0.299. The van der Waals surface area contributed by atoms with E-state index in [9.17, 15) is 4.79 Å². The molecule has 0 fully saturated rings. The van der Waals surface area contributed by atoms with Gasteiger partial charge in [-0.15, -0.1) is 0 Å². The highest BCUT2D eigenvalue weighted by Gasteiger charge is 2.08. The molecule has 1 heterocycles. The molecule has 0 aliphatic carbocycles. The Balaban J connectivity index is 2.15. The number of amides is 1. The van der Waals surface area contributed by atoms with Crippen molar-refractivity contribution >= 4 is 17.3 Å². The third kappa shape index (κ3) is 2.63. The van der Waals surface area contributed by atoms with E-state index in [2.05, 4.69) is 15.3 Å². The topological polar surface area (TPSA) is 80.9 Å². The summed E-state index contributed by atoms with van der Waals surface area (Å²) in [7, 11) is 0. The van der Waals surface area contributed by atoms with Crippen molar-refractivity contribution in [3.63, 3.8) is 0 Å². The van der Waals surface area contributed by atoms with Gasteiger partial charge >= 0.3 is 0 Å². The zero-order valence-corrected chi connectivity index (χ0v) is 10.1. The molecule has 92 valence electrons. The molecule has 0 saturated carbocycles. The van der Waals surface area contributed by atoms with Crippen LogP contribution in [-0.4, -0.2) is 15.9 Å². The van der Waals surface area contributed by atoms with Gasteiger partial charge in [-0.2, -0.15) is 0 Å². The van der Waals surface area contributed by atoms with E-state index in [1.54, 1.807) is 6.07 Å². The highest BCUT2D eigenvalue weighted by molar-refractivity contribution is 6.02. The van der Waals surface area contributed by atoms with Gasteiger partial charge in [0.25, 0.3) is 5.91 Å². The van der Waals surface area contributed by atoms with Gasteiger partial charge in [0.15, 0.2) is 0 Å². The summed E-state index contributed by atoms with van der Waals surface area (Å²) in [6, 6.07) is 5.47. The molecule has 0 spiro atoms. The molecule has 5 heteroatoms. The van der Waals surface area contributed by atoms with Crippen LogP contribution < -0.4 is 11.1 Å². The van der Waals surface area contributed by atoms with E-state index in [0.29, 0.717) is 11.4 Å². The summed E-state index contributed by atoms with van der Waals surface area (Å²) >= 11 is 0. The molecule has 0 aliphatic heterocycles. The van der Waals surface area contributed by atoms with E-state index in [4.69, 9.17) is 5.73 Å². The van der Waals surface area contributed by atoms with Crippen molar-refractivity contribution in [3.8, 4) is 0 Å². The van der Waals surface area contributed by atoms with E-state index < -0.39 is 0 Å². The number of aryl methyl sites for hydroxylation is 1. The number of hydrogen-bond acceptors (Lipinski definition) is 4. The molecule has 3 N–H and O–H groups in total. The minimum Gasteiger partial charge on any atom is -0.398 e. The fourth-order valence-electron chi connectivity index (χ4n) is 1.61. The highest BCUT2D eigenvalue weighted by atomic mass is 16.1. The van der Waals surface area contributed by atoms with Crippen LogP contribution in [0.4, 0.5) is 11.4 Å². The van der Waals surface area contributed by atoms with Crippen molar-refractivity contribution in [3.05, 3.63) is 48.0 Å². The van der Waals surface area contributed by atoms with Gasteiger partial charge in [0.05, 0.1) is 6.20 Å². The van der Waals surface area contributed by atoms with Gasteiger partial charge in [0.2, 0.25) is 0 Å². The number of nitrogen functional groups attached to an aromatic ring is 1. The number of hydrogen-bond donors (Lipinski definition) is 2. The first-order valence-electron chi connectivity index (χ1n) is 5.66. The van der Waals surface area contributed by atoms with Gasteiger partial charge in [-0.25, -0.2) is 4.98 Å². The van der Waals surface area contributed by atoms with Gasteiger partial charge in [0.1, 0.15) is 5.69 Å². The van der Waals surface area contributed by atoms with E-state index in [1.807, 2.05) is 19.1 Å². The summed E-state index contributed by atoms with van der Waals surface area (Å²) in [6.45, 7) is 2.03. The number of carbonyl (C=O) groups excluding carboxylic acids is 1. The average Bonchev–Trinajstić information content (AvgIpc) is 2.40. The van der Waals surface area contributed by atoms with Crippen molar-refractivity contribution < 1.29 is 4.79 Å². The van der Waals surface area contributed by atoms with Crippen LogP contribution in [0.3, 0.4) is 0 Å². The first-order valence-corrected chi connectivity index (χ1v) is 5.66. The highest BCUT2D eigenvalue weighted by Crippen LogP contribution is 2.18. The monoisotopic (exact) mass is 242 g/mol. The van der Waals surface area contributed by atoms with E-state index in [-0.39, 0.29) is 11.6 Å². The Morgan fingerprint density at radius 3 is 2.83 bits per heavy atom. The summed E-state index contributed by atoms with van der Waals surface area (Å²) in [6.07, 6.45) is 5.28. The van der Waals surface area contributed by atoms with Crippen molar-refractivity contribution in [2.24, 2.45) is 0 Å². The summed E-state index contributed by atoms with van der Waals surface area (Å²) in [5, 5.41) is 2.73. The molecule has 0 atom stereocenters. The summed E-state index contributed by atoms with van der Waals surface area (Å²) in [4.78, 5) is 19.6. The minimum atomic E-state index is -0.299. The van der Waals surface area contributed by atoms with Crippen LogP contribution in [-0.2, 0) is 6.42 Å². The molecular weight excluding hydrogens is 228 g/mol. The molecule has 1 aromatic heterocycles. The summed E-state index contributed by atoms with van der Waals surface area (Å²) < 4.78 is 0. The number of anilines is 2. The Morgan fingerprint density at radius 1 is 1.39 bits per heavy atom. The zero-order chi connectivity index (χ0) is 13.0. The largest absolute Gasteiger partial charge is 0.398 e. The number of nitrogens with one attached hydrogen (secondary N) is 1. The zero-order valence-electron chi connectivity index (χ0n) is 10.1. The van der Waals surface area contributed by atoms with Crippen molar-refractivity contribution in [2.45, 2.75) is 13.3 Å². The predicted octanol–water partition coefficient (Wildman–Crippen LogP) is 1.87. The molecule has 0 radical (unpaired) electrons. The number of nitrogens with two attached hydrogens (primary N) is 1. The maximum Gasteiger partial charge on any atom is 0.275 e. The Bertz CT molecular complexity index is 554. The number of nitrogens with zero attached hydrogens (tertiary/aromatic N) is 2. The van der Waals surface area contributed by atoms with Crippen LogP contribution in [0.5, 0.6) is 0 Å². The van der Waals surface area contributed by atoms with Gasteiger partial charge < -0.3 is 11.1 Å². The molecule has 2 aromatic rings. The smallest absolute Gasteiger partial charge is 0.275 e. The Morgan fingerprint density at radius 2 is 2.22 bits per heavy atom.